The maximum atomic E-state index is 15.1. The molecule has 0 amide bonds. The van der Waals surface area contributed by atoms with Gasteiger partial charge in [-0.3, -0.25) is 4.79 Å². The number of aromatic nitrogens is 4. The number of carbonyl (C=O) groups is 1. The average Bonchev–Trinajstić information content (AvgIpc) is 3.22. The molecule has 0 radical (unpaired) electrons. The molecule has 0 bridgehead atoms. The number of anilines is 1. The second-order valence-corrected chi connectivity index (χ2v) is 11.5. The van der Waals surface area contributed by atoms with Crippen molar-refractivity contribution in [3.05, 3.63) is 60.3 Å². The largest absolute Gasteiger partial charge is 0.481 e. The van der Waals surface area contributed by atoms with Gasteiger partial charge in [-0.1, -0.05) is 38.5 Å². The molecule has 0 fully saturated rings. The van der Waals surface area contributed by atoms with Crippen LogP contribution in [-0.2, 0) is 14.6 Å². The number of sulfone groups is 1. The third kappa shape index (κ3) is 4.92. The molecule has 1 aromatic carbocycles. The monoisotopic (exact) mass is 511 g/mol. The third-order valence-electron chi connectivity index (χ3n) is 5.85. The number of carboxylic acids is 1. The molecule has 0 saturated heterocycles. The molecule has 11 heteroatoms. The van der Waals surface area contributed by atoms with E-state index in [4.69, 9.17) is 0 Å². The minimum Gasteiger partial charge on any atom is -0.481 e. The fourth-order valence-electron chi connectivity index (χ4n) is 3.81. The van der Waals surface area contributed by atoms with Crippen molar-refractivity contribution in [1.29, 1.82) is 0 Å². The number of aromatic amines is 1. The molecular formula is C25H26FN5O4S. The van der Waals surface area contributed by atoms with Gasteiger partial charge in [0.1, 0.15) is 16.4 Å². The van der Waals surface area contributed by atoms with Gasteiger partial charge >= 0.3 is 5.97 Å². The fraction of sp³-hybridized carbons (Fsp3) is 0.280. The van der Waals surface area contributed by atoms with Gasteiger partial charge in [0.2, 0.25) is 9.84 Å². The Morgan fingerprint density at radius 1 is 1.17 bits per heavy atom. The van der Waals surface area contributed by atoms with Crippen LogP contribution in [0.4, 0.5) is 10.2 Å². The standard InChI is InChI=1S/C25H26FN5O4S/c1-14-5-7-15(8-6-14)36(34,35)22-17(26)13-29-24-21(22)16(12-28-24)23-27-10-9-19(31-23)30-18(11-20(32)33)25(2,3)4/h5-10,12-13,18H,11H2,1-4H3,(H,28,29)(H,32,33)(H,27,30,31)/t18-/m1/s1. The Labute approximate surface area is 207 Å². The minimum absolute atomic E-state index is 0.0330. The van der Waals surface area contributed by atoms with Crippen molar-refractivity contribution in [2.24, 2.45) is 5.41 Å². The first kappa shape index (κ1) is 25.2. The highest BCUT2D eigenvalue weighted by atomic mass is 32.2. The highest BCUT2D eigenvalue weighted by Gasteiger charge is 2.30. The number of halogens is 1. The van der Waals surface area contributed by atoms with E-state index in [2.05, 4.69) is 25.3 Å². The number of benzene rings is 1. The van der Waals surface area contributed by atoms with Crippen LogP contribution in [0.3, 0.4) is 0 Å². The Morgan fingerprint density at radius 2 is 1.86 bits per heavy atom. The van der Waals surface area contributed by atoms with Crippen LogP contribution < -0.4 is 5.32 Å². The van der Waals surface area contributed by atoms with Gasteiger partial charge in [0.25, 0.3) is 0 Å². The zero-order chi connectivity index (χ0) is 26.3. The predicted molar refractivity (Wildman–Crippen MR) is 133 cm³/mol. The second-order valence-electron chi connectivity index (χ2n) is 9.60. The van der Waals surface area contributed by atoms with E-state index in [1.54, 1.807) is 18.2 Å². The summed E-state index contributed by atoms with van der Waals surface area (Å²) in [4.78, 5) is 26.4. The molecule has 3 heterocycles. The van der Waals surface area contributed by atoms with Crippen LogP contribution in [-0.4, -0.2) is 45.5 Å². The number of nitrogens with zero attached hydrogens (tertiary/aromatic N) is 3. The summed E-state index contributed by atoms with van der Waals surface area (Å²) in [6.45, 7) is 7.55. The Hall–Kier alpha value is -3.86. The van der Waals surface area contributed by atoms with Crippen molar-refractivity contribution in [2.75, 3.05) is 5.32 Å². The summed E-state index contributed by atoms with van der Waals surface area (Å²) in [5, 5.41) is 12.5. The van der Waals surface area contributed by atoms with Crippen molar-refractivity contribution in [3.63, 3.8) is 0 Å². The van der Waals surface area contributed by atoms with E-state index in [1.807, 2.05) is 27.7 Å². The van der Waals surface area contributed by atoms with E-state index in [0.717, 1.165) is 11.8 Å². The molecule has 4 aromatic rings. The van der Waals surface area contributed by atoms with E-state index >= 15 is 4.39 Å². The Kier molecular flexibility index (Phi) is 6.52. The lowest BCUT2D eigenvalue weighted by Gasteiger charge is -2.30. The molecule has 188 valence electrons. The molecule has 1 atom stereocenters. The van der Waals surface area contributed by atoms with Gasteiger partial charge in [-0.05, 0) is 30.5 Å². The summed E-state index contributed by atoms with van der Waals surface area (Å²) in [6, 6.07) is 7.28. The summed E-state index contributed by atoms with van der Waals surface area (Å²) in [6.07, 6.45) is 3.67. The highest BCUT2D eigenvalue weighted by molar-refractivity contribution is 7.91. The fourth-order valence-corrected chi connectivity index (χ4v) is 5.33. The summed E-state index contributed by atoms with van der Waals surface area (Å²) < 4.78 is 42.1. The zero-order valence-electron chi connectivity index (χ0n) is 20.2. The highest BCUT2D eigenvalue weighted by Crippen LogP contribution is 2.36. The number of aliphatic carboxylic acids is 1. The first-order valence-corrected chi connectivity index (χ1v) is 12.7. The van der Waals surface area contributed by atoms with E-state index in [0.29, 0.717) is 5.82 Å². The number of nitrogens with one attached hydrogen (secondary N) is 2. The van der Waals surface area contributed by atoms with Gasteiger partial charge < -0.3 is 15.4 Å². The molecule has 0 aliphatic heterocycles. The first-order chi connectivity index (χ1) is 16.9. The maximum absolute atomic E-state index is 15.1. The number of aryl methyl sites for hydroxylation is 1. The molecule has 3 aromatic heterocycles. The molecule has 0 saturated carbocycles. The van der Waals surface area contributed by atoms with Crippen LogP contribution in [0.25, 0.3) is 22.4 Å². The van der Waals surface area contributed by atoms with E-state index in [9.17, 15) is 18.3 Å². The molecule has 0 aliphatic rings. The van der Waals surface area contributed by atoms with Crippen LogP contribution in [0.5, 0.6) is 0 Å². The van der Waals surface area contributed by atoms with Gasteiger partial charge in [0.15, 0.2) is 11.6 Å². The third-order valence-corrected chi connectivity index (χ3v) is 7.68. The second kappa shape index (κ2) is 9.30. The first-order valence-electron chi connectivity index (χ1n) is 11.2. The van der Waals surface area contributed by atoms with Crippen LogP contribution in [0.15, 0.2) is 58.7 Å². The van der Waals surface area contributed by atoms with E-state index in [1.165, 1.54) is 24.5 Å². The summed E-state index contributed by atoms with van der Waals surface area (Å²) in [5.74, 6) is -1.47. The van der Waals surface area contributed by atoms with Crippen molar-refractivity contribution in [3.8, 4) is 11.4 Å². The van der Waals surface area contributed by atoms with Gasteiger partial charge in [-0.15, -0.1) is 0 Å². The molecule has 0 aliphatic carbocycles. The van der Waals surface area contributed by atoms with Gasteiger partial charge in [-0.2, -0.15) is 0 Å². The van der Waals surface area contributed by atoms with E-state index in [-0.39, 0.29) is 33.7 Å². The Balaban J connectivity index is 1.84. The van der Waals surface area contributed by atoms with Crippen molar-refractivity contribution in [2.45, 2.75) is 49.9 Å². The smallest absolute Gasteiger partial charge is 0.305 e. The molecule has 36 heavy (non-hydrogen) atoms. The molecule has 9 nitrogen and oxygen atoms in total. The van der Waals surface area contributed by atoms with Crippen LogP contribution in [0.1, 0.15) is 32.8 Å². The number of H-pyrrole nitrogens is 1. The summed E-state index contributed by atoms with van der Waals surface area (Å²) in [7, 11) is -4.25. The number of fused-ring (bicyclic) bond motifs is 1. The molecule has 0 spiro atoms. The lowest BCUT2D eigenvalue weighted by molar-refractivity contribution is -0.137. The maximum Gasteiger partial charge on any atom is 0.305 e. The minimum atomic E-state index is -4.25. The van der Waals surface area contributed by atoms with Crippen LogP contribution in [0.2, 0.25) is 0 Å². The van der Waals surface area contributed by atoms with Crippen molar-refractivity contribution in [1.82, 2.24) is 19.9 Å². The van der Waals surface area contributed by atoms with Gasteiger partial charge in [0, 0.05) is 24.0 Å². The van der Waals surface area contributed by atoms with Crippen molar-refractivity contribution < 1.29 is 22.7 Å². The average molecular weight is 512 g/mol. The quantitative estimate of drug-likeness (QED) is 0.327. The normalized spacial score (nSPS) is 13.0. The molecular weight excluding hydrogens is 485 g/mol. The van der Waals surface area contributed by atoms with Crippen LogP contribution in [0, 0.1) is 18.2 Å². The van der Waals surface area contributed by atoms with Crippen molar-refractivity contribution >= 4 is 32.7 Å². The van der Waals surface area contributed by atoms with Gasteiger partial charge in [-0.25, -0.2) is 27.8 Å². The SMILES string of the molecule is Cc1ccc(S(=O)(=O)c2c(F)cnc3[nH]cc(-c4nccc(N[C@H](CC(=O)O)C(C)(C)C)n4)c23)cc1. The Bertz CT molecular complexity index is 1540. The number of carboxylic acid groups (broad SMARTS) is 1. The molecule has 0 unspecified atom stereocenters. The van der Waals surface area contributed by atoms with E-state index < -0.39 is 38.0 Å². The van der Waals surface area contributed by atoms with Crippen LogP contribution >= 0.6 is 0 Å². The number of rotatable bonds is 7. The molecule has 4 rings (SSSR count). The number of hydrogen-bond acceptors (Lipinski definition) is 7. The van der Waals surface area contributed by atoms with Gasteiger partial charge in [0.05, 0.1) is 22.9 Å². The lowest BCUT2D eigenvalue weighted by atomic mass is 9.85. The number of pyridine rings is 1. The summed E-state index contributed by atoms with van der Waals surface area (Å²) in [5.41, 5.74) is 0.882. The summed E-state index contributed by atoms with van der Waals surface area (Å²) >= 11 is 0. The zero-order valence-corrected chi connectivity index (χ0v) is 21.0. The lowest BCUT2D eigenvalue weighted by Crippen LogP contribution is -2.36. The topological polar surface area (TPSA) is 138 Å². The predicted octanol–water partition coefficient (Wildman–Crippen LogP) is 4.60. The molecule has 3 N–H and O–H groups in total. The Morgan fingerprint density at radius 3 is 2.50 bits per heavy atom. The number of hydrogen-bond donors (Lipinski definition) is 3.